The van der Waals surface area contributed by atoms with E-state index in [-0.39, 0.29) is 0 Å². The van der Waals surface area contributed by atoms with E-state index in [0.717, 1.165) is 33.8 Å². The van der Waals surface area contributed by atoms with E-state index in [1.54, 1.807) is 6.20 Å². The van der Waals surface area contributed by atoms with Gasteiger partial charge in [0.15, 0.2) is 0 Å². The van der Waals surface area contributed by atoms with Crippen molar-refractivity contribution in [2.45, 2.75) is 51.6 Å². The molecule has 1 aromatic heterocycles. The Labute approximate surface area is 129 Å². The van der Waals surface area contributed by atoms with E-state index in [1.807, 2.05) is 24.3 Å². The average molecular weight is 336 g/mol. The fourth-order valence-corrected chi connectivity index (χ4v) is 2.98. The van der Waals surface area contributed by atoms with E-state index in [0.29, 0.717) is 0 Å². The summed E-state index contributed by atoms with van der Waals surface area (Å²) in [5.41, 5.74) is 1.85. The SMILES string of the molecule is CCCCCCCC(O)c1ccc(Br)c2cccnc12. The second-order valence-electron chi connectivity index (χ2n) is 5.25. The van der Waals surface area contributed by atoms with Crippen molar-refractivity contribution in [2.24, 2.45) is 0 Å². The lowest BCUT2D eigenvalue weighted by Gasteiger charge is -2.13. The number of hydrogen-bond donors (Lipinski definition) is 1. The van der Waals surface area contributed by atoms with Gasteiger partial charge < -0.3 is 5.11 Å². The molecule has 1 unspecified atom stereocenters. The molecule has 0 aliphatic carbocycles. The van der Waals surface area contributed by atoms with Crippen LogP contribution in [-0.2, 0) is 0 Å². The summed E-state index contributed by atoms with van der Waals surface area (Å²) in [6.07, 6.45) is 8.27. The number of nitrogens with zero attached hydrogens (tertiary/aromatic N) is 1. The molecular weight excluding hydrogens is 314 g/mol. The molecule has 3 heteroatoms. The highest BCUT2D eigenvalue weighted by atomic mass is 79.9. The highest BCUT2D eigenvalue weighted by Crippen LogP contribution is 2.30. The molecule has 0 spiro atoms. The Bertz CT molecular complexity index is 556. The van der Waals surface area contributed by atoms with Gasteiger partial charge in [-0.3, -0.25) is 4.98 Å². The molecule has 0 radical (unpaired) electrons. The number of aromatic nitrogens is 1. The molecule has 20 heavy (non-hydrogen) atoms. The first kappa shape index (κ1) is 15.5. The van der Waals surface area contributed by atoms with Gasteiger partial charge in [-0.1, -0.05) is 67.1 Å². The molecular formula is C17H22BrNO. The minimum Gasteiger partial charge on any atom is -0.388 e. The highest BCUT2D eigenvalue weighted by molar-refractivity contribution is 9.10. The van der Waals surface area contributed by atoms with Crippen LogP contribution in [0.15, 0.2) is 34.9 Å². The maximum atomic E-state index is 10.4. The number of aliphatic hydroxyl groups is 1. The van der Waals surface area contributed by atoms with Crippen LogP contribution in [0.2, 0.25) is 0 Å². The zero-order valence-corrected chi connectivity index (χ0v) is 13.6. The third-order valence-electron chi connectivity index (χ3n) is 3.69. The predicted molar refractivity (Wildman–Crippen MR) is 87.8 cm³/mol. The molecule has 0 amide bonds. The Morgan fingerprint density at radius 3 is 2.75 bits per heavy atom. The second kappa shape index (κ2) is 7.75. The standard InChI is InChI=1S/C17H22BrNO/c1-2-3-4-5-6-9-16(20)14-10-11-15(18)13-8-7-12-19-17(13)14/h7-8,10-12,16,20H,2-6,9H2,1H3. The number of benzene rings is 1. The maximum absolute atomic E-state index is 10.4. The van der Waals surface area contributed by atoms with E-state index < -0.39 is 6.10 Å². The minimum absolute atomic E-state index is 0.415. The quantitative estimate of drug-likeness (QED) is 0.688. The molecule has 108 valence electrons. The van der Waals surface area contributed by atoms with Crippen molar-refractivity contribution in [3.63, 3.8) is 0 Å². The van der Waals surface area contributed by atoms with E-state index in [2.05, 4.69) is 27.8 Å². The first-order valence-corrected chi connectivity index (χ1v) is 8.24. The fourth-order valence-electron chi connectivity index (χ4n) is 2.53. The Morgan fingerprint density at radius 2 is 1.95 bits per heavy atom. The van der Waals surface area contributed by atoms with Crippen molar-refractivity contribution in [3.8, 4) is 0 Å². The summed E-state index contributed by atoms with van der Waals surface area (Å²) in [4.78, 5) is 4.43. The van der Waals surface area contributed by atoms with Gasteiger partial charge >= 0.3 is 0 Å². The Balaban J connectivity index is 2.06. The lowest BCUT2D eigenvalue weighted by Crippen LogP contribution is -2.00. The Hall–Kier alpha value is -0.930. The molecule has 1 N–H and O–H groups in total. The van der Waals surface area contributed by atoms with E-state index >= 15 is 0 Å². The lowest BCUT2D eigenvalue weighted by atomic mass is 9.99. The third kappa shape index (κ3) is 3.80. The molecule has 1 heterocycles. The molecule has 2 nitrogen and oxygen atoms in total. The number of fused-ring (bicyclic) bond motifs is 1. The van der Waals surface area contributed by atoms with Crippen LogP contribution < -0.4 is 0 Å². The predicted octanol–water partition coefficient (Wildman–Crippen LogP) is 5.39. The van der Waals surface area contributed by atoms with Gasteiger partial charge in [-0.25, -0.2) is 0 Å². The second-order valence-corrected chi connectivity index (χ2v) is 6.11. The number of rotatable bonds is 7. The van der Waals surface area contributed by atoms with Gasteiger partial charge in [-0.15, -0.1) is 0 Å². The fraction of sp³-hybridized carbons (Fsp3) is 0.471. The molecule has 0 saturated heterocycles. The summed E-state index contributed by atoms with van der Waals surface area (Å²) < 4.78 is 1.03. The maximum Gasteiger partial charge on any atom is 0.0811 e. The minimum atomic E-state index is -0.415. The molecule has 2 aromatic rings. The van der Waals surface area contributed by atoms with Crippen LogP contribution in [0.25, 0.3) is 10.9 Å². The number of halogens is 1. The van der Waals surface area contributed by atoms with Gasteiger partial charge in [-0.05, 0) is 18.6 Å². The van der Waals surface area contributed by atoms with Gasteiger partial charge in [0, 0.05) is 21.6 Å². The van der Waals surface area contributed by atoms with Gasteiger partial charge in [0.25, 0.3) is 0 Å². The highest BCUT2D eigenvalue weighted by Gasteiger charge is 2.13. The molecule has 0 aliphatic heterocycles. The van der Waals surface area contributed by atoms with Gasteiger partial charge in [-0.2, -0.15) is 0 Å². The van der Waals surface area contributed by atoms with Crippen LogP contribution in [0.5, 0.6) is 0 Å². The summed E-state index contributed by atoms with van der Waals surface area (Å²) in [7, 11) is 0. The summed E-state index contributed by atoms with van der Waals surface area (Å²) in [6, 6.07) is 7.94. The van der Waals surface area contributed by atoms with Crippen LogP contribution in [-0.4, -0.2) is 10.1 Å². The van der Waals surface area contributed by atoms with Crippen molar-refractivity contribution >= 4 is 26.8 Å². The molecule has 2 rings (SSSR count). The number of hydrogen-bond acceptors (Lipinski definition) is 2. The summed E-state index contributed by atoms with van der Waals surface area (Å²) >= 11 is 3.54. The number of unbranched alkanes of at least 4 members (excludes halogenated alkanes) is 4. The smallest absolute Gasteiger partial charge is 0.0811 e. The lowest BCUT2D eigenvalue weighted by molar-refractivity contribution is 0.164. The van der Waals surface area contributed by atoms with Crippen molar-refractivity contribution in [1.29, 1.82) is 0 Å². The number of pyridine rings is 1. The first-order chi connectivity index (χ1) is 9.74. The van der Waals surface area contributed by atoms with Gasteiger partial charge in [0.05, 0.1) is 11.6 Å². The largest absolute Gasteiger partial charge is 0.388 e. The molecule has 0 bridgehead atoms. The van der Waals surface area contributed by atoms with Crippen molar-refractivity contribution in [3.05, 3.63) is 40.5 Å². The molecule has 1 aromatic carbocycles. The molecule has 0 saturated carbocycles. The first-order valence-electron chi connectivity index (χ1n) is 7.45. The Kier molecular flexibility index (Phi) is 5.99. The van der Waals surface area contributed by atoms with Gasteiger partial charge in [0.1, 0.15) is 0 Å². The van der Waals surface area contributed by atoms with Crippen LogP contribution in [0.4, 0.5) is 0 Å². The topological polar surface area (TPSA) is 33.1 Å². The van der Waals surface area contributed by atoms with Crippen LogP contribution >= 0.6 is 15.9 Å². The average Bonchev–Trinajstić information content (AvgIpc) is 2.47. The van der Waals surface area contributed by atoms with Crippen molar-refractivity contribution in [1.82, 2.24) is 4.98 Å². The van der Waals surface area contributed by atoms with Crippen LogP contribution in [0, 0.1) is 0 Å². The molecule has 0 fully saturated rings. The van der Waals surface area contributed by atoms with Crippen LogP contribution in [0.1, 0.15) is 57.1 Å². The van der Waals surface area contributed by atoms with E-state index in [9.17, 15) is 5.11 Å². The zero-order valence-electron chi connectivity index (χ0n) is 12.0. The van der Waals surface area contributed by atoms with Crippen LogP contribution in [0.3, 0.4) is 0 Å². The van der Waals surface area contributed by atoms with E-state index in [4.69, 9.17) is 0 Å². The summed E-state index contributed by atoms with van der Waals surface area (Å²) in [6.45, 7) is 2.22. The van der Waals surface area contributed by atoms with Gasteiger partial charge in [0.2, 0.25) is 0 Å². The monoisotopic (exact) mass is 335 g/mol. The van der Waals surface area contributed by atoms with Crippen molar-refractivity contribution < 1.29 is 5.11 Å². The molecule has 0 aliphatic rings. The summed E-state index contributed by atoms with van der Waals surface area (Å²) in [5.74, 6) is 0. The normalized spacial score (nSPS) is 12.8. The number of aliphatic hydroxyl groups excluding tert-OH is 1. The Morgan fingerprint density at radius 1 is 1.15 bits per heavy atom. The summed E-state index contributed by atoms with van der Waals surface area (Å²) in [5, 5.41) is 11.5. The zero-order chi connectivity index (χ0) is 14.4. The van der Waals surface area contributed by atoms with Crippen molar-refractivity contribution in [2.75, 3.05) is 0 Å². The molecule has 1 atom stereocenters. The third-order valence-corrected chi connectivity index (χ3v) is 4.38. The van der Waals surface area contributed by atoms with E-state index in [1.165, 1.54) is 25.7 Å².